The normalized spacial score (nSPS) is 20.4. The van der Waals surface area contributed by atoms with E-state index in [1.807, 2.05) is 24.3 Å². The molecule has 166 valence electrons. The van der Waals surface area contributed by atoms with E-state index in [4.69, 9.17) is 9.57 Å². The highest BCUT2D eigenvalue weighted by atomic mass is 16.7. The summed E-state index contributed by atoms with van der Waals surface area (Å²) in [6.45, 7) is 5.27. The lowest BCUT2D eigenvalue weighted by Crippen LogP contribution is -2.51. The van der Waals surface area contributed by atoms with E-state index in [2.05, 4.69) is 82.0 Å². The fraction of sp³-hybridized carbons (Fsp3) is 0.269. The molecule has 2 aliphatic heterocycles. The molecule has 0 saturated carbocycles. The average Bonchev–Trinajstić information content (AvgIpc) is 3.39. The molecule has 3 aromatic carbocycles. The second kappa shape index (κ2) is 7.42. The first-order chi connectivity index (χ1) is 16.1. The average molecular weight is 440 g/mol. The van der Waals surface area contributed by atoms with Crippen molar-refractivity contribution in [3.8, 4) is 28.3 Å². The quantitative estimate of drug-likeness (QED) is 0.487. The number of hydrogen-bond donors (Lipinski definition) is 1. The molecule has 0 radical (unpaired) electrons. The monoisotopic (exact) mass is 439 g/mol. The Bertz CT molecular complexity index is 1320. The third-order valence-corrected chi connectivity index (χ3v) is 7.14. The second-order valence-electron chi connectivity index (χ2n) is 9.18. The third-order valence-electron chi connectivity index (χ3n) is 7.14. The first-order valence-electron chi connectivity index (χ1n) is 11.1. The van der Waals surface area contributed by atoms with Gasteiger partial charge in [-0.1, -0.05) is 56.3 Å². The SMILES string of the molecule is CON1c2ccc(-c3cccc(-c4nn[nH]n4)c3)cc2C(C)(C)[C@H]2COc3ccccc3[C@H]21. The van der Waals surface area contributed by atoms with Gasteiger partial charge in [0, 0.05) is 22.5 Å². The standard InChI is InChI=1S/C26H25N5O2/c1-26(2)20-14-17(16-7-6-8-18(13-16)25-27-29-30-28-25)11-12-22(20)31(32-3)24-19-9-4-5-10-23(19)33-15-21(24)26/h4-14,21,24H,15H2,1-3H3,(H,27,28,29,30)/t21-,24+/m0/s1. The maximum Gasteiger partial charge on any atom is 0.204 e. The first kappa shape index (κ1) is 19.9. The zero-order chi connectivity index (χ0) is 22.6. The Morgan fingerprint density at radius 2 is 1.82 bits per heavy atom. The molecule has 0 amide bonds. The number of fused-ring (bicyclic) bond motifs is 4. The van der Waals surface area contributed by atoms with Crippen molar-refractivity contribution in [3.05, 3.63) is 77.9 Å². The van der Waals surface area contributed by atoms with E-state index < -0.39 is 0 Å². The number of hydrogen-bond acceptors (Lipinski definition) is 6. The van der Waals surface area contributed by atoms with Crippen molar-refractivity contribution < 1.29 is 9.57 Å². The fourth-order valence-electron chi connectivity index (χ4n) is 5.34. The lowest BCUT2D eigenvalue weighted by Gasteiger charge is -2.52. The van der Waals surface area contributed by atoms with Crippen LogP contribution < -0.4 is 9.80 Å². The zero-order valence-electron chi connectivity index (χ0n) is 18.8. The van der Waals surface area contributed by atoms with Gasteiger partial charge in [0.15, 0.2) is 0 Å². The lowest BCUT2D eigenvalue weighted by molar-refractivity contribution is 0.0442. The summed E-state index contributed by atoms with van der Waals surface area (Å²) < 4.78 is 6.20. The van der Waals surface area contributed by atoms with E-state index in [-0.39, 0.29) is 17.4 Å². The van der Waals surface area contributed by atoms with Crippen LogP contribution in [0.2, 0.25) is 0 Å². The van der Waals surface area contributed by atoms with Crippen LogP contribution in [0, 0.1) is 5.92 Å². The predicted molar refractivity (Wildman–Crippen MR) is 126 cm³/mol. The van der Waals surface area contributed by atoms with Crippen molar-refractivity contribution in [3.63, 3.8) is 0 Å². The summed E-state index contributed by atoms with van der Waals surface area (Å²) in [6, 6.07) is 23.2. The molecule has 4 aromatic rings. The number of tetrazole rings is 1. The van der Waals surface area contributed by atoms with Gasteiger partial charge in [-0.25, -0.2) is 5.06 Å². The largest absolute Gasteiger partial charge is 0.493 e. The van der Waals surface area contributed by atoms with Crippen LogP contribution in [0.25, 0.3) is 22.5 Å². The first-order valence-corrected chi connectivity index (χ1v) is 11.1. The number of benzene rings is 3. The predicted octanol–water partition coefficient (Wildman–Crippen LogP) is 4.94. The van der Waals surface area contributed by atoms with E-state index in [0.717, 1.165) is 28.1 Å². The van der Waals surface area contributed by atoms with Gasteiger partial charge < -0.3 is 4.74 Å². The summed E-state index contributed by atoms with van der Waals surface area (Å²) in [4.78, 5) is 6.00. The van der Waals surface area contributed by atoms with Crippen molar-refractivity contribution in [2.24, 2.45) is 5.92 Å². The number of para-hydroxylation sites is 1. The molecular formula is C26H25N5O2. The van der Waals surface area contributed by atoms with E-state index in [9.17, 15) is 0 Å². The molecular weight excluding hydrogens is 414 g/mol. The van der Waals surface area contributed by atoms with E-state index in [1.165, 1.54) is 11.1 Å². The molecule has 0 fully saturated rings. The number of nitrogens with zero attached hydrogens (tertiary/aromatic N) is 4. The Labute approximate surface area is 192 Å². The van der Waals surface area contributed by atoms with Crippen molar-refractivity contribution in [1.82, 2.24) is 20.6 Å². The maximum absolute atomic E-state index is 6.20. The van der Waals surface area contributed by atoms with Gasteiger partial charge in [0.05, 0.1) is 25.4 Å². The van der Waals surface area contributed by atoms with E-state index in [0.29, 0.717) is 12.4 Å². The zero-order valence-corrected chi connectivity index (χ0v) is 18.8. The number of nitrogens with one attached hydrogen (secondary N) is 1. The van der Waals surface area contributed by atoms with Gasteiger partial charge in [0.2, 0.25) is 5.82 Å². The van der Waals surface area contributed by atoms with Gasteiger partial charge in [0.1, 0.15) is 5.75 Å². The molecule has 1 aromatic heterocycles. The Hall–Kier alpha value is -3.71. The number of rotatable bonds is 3. The van der Waals surface area contributed by atoms with Crippen LogP contribution in [0.5, 0.6) is 5.75 Å². The Morgan fingerprint density at radius 3 is 2.64 bits per heavy atom. The summed E-state index contributed by atoms with van der Waals surface area (Å²) in [6.07, 6.45) is 0. The summed E-state index contributed by atoms with van der Waals surface area (Å²) in [5.41, 5.74) is 6.56. The molecule has 2 aliphatic rings. The molecule has 0 bridgehead atoms. The number of aromatic amines is 1. The summed E-state index contributed by atoms with van der Waals surface area (Å²) >= 11 is 0. The number of H-pyrrole nitrogens is 1. The van der Waals surface area contributed by atoms with E-state index in [1.54, 1.807) is 7.11 Å². The highest BCUT2D eigenvalue weighted by Crippen LogP contribution is 2.55. The van der Waals surface area contributed by atoms with Gasteiger partial charge in [-0.05, 0) is 46.2 Å². The molecule has 3 heterocycles. The molecule has 2 atom stereocenters. The van der Waals surface area contributed by atoms with Gasteiger partial charge in [0.25, 0.3) is 0 Å². The van der Waals surface area contributed by atoms with Crippen LogP contribution in [0.1, 0.15) is 31.0 Å². The van der Waals surface area contributed by atoms with Crippen LogP contribution >= 0.6 is 0 Å². The number of hydroxylamine groups is 1. The van der Waals surface area contributed by atoms with Gasteiger partial charge in [-0.3, -0.25) is 4.84 Å². The molecule has 7 heteroatoms. The van der Waals surface area contributed by atoms with Crippen molar-refractivity contribution in [2.45, 2.75) is 25.3 Å². The summed E-state index contributed by atoms with van der Waals surface area (Å²) in [5, 5.41) is 16.5. The highest BCUT2D eigenvalue weighted by molar-refractivity contribution is 5.74. The number of ether oxygens (including phenoxy) is 1. The lowest BCUT2D eigenvalue weighted by atomic mass is 9.65. The minimum absolute atomic E-state index is 0.0925. The van der Waals surface area contributed by atoms with Crippen LogP contribution in [-0.2, 0) is 10.3 Å². The Balaban J connectivity index is 1.47. The summed E-state index contributed by atoms with van der Waals surface area (Å²) in [7, 11) is 1.75. The number of anilines is 1. The highest BCUT2D eigenvalue weighted by Gasteiger charge is 2.50. The molecule has 33 heavy (non-hydrogen) atoms. The van der Waals surface area contributed by atoms with Crippen molar-refractivity contribution in [1.29, 1.82) is 0 Å². The second-order valence-corrected chi connectivity index (χ2v) is 9.18. The van der Waals surface area contributed by atoms with Crippen LogP contribution in [0.4, 0.5) is 5.69 Å². The smallest absolute Gasteiger partial charge is 0.204 e. The van der Waals surface area contributed by atoms with Crippen LogP contribution in [-0.4, -0.2) is 34.3 Å². The van der Waals surface area contributed by atoms with Gasteiger partial charge >= 0.3 is 0 Å². The van der Waals surface area contributed by atoms with E-state index >= 15 is 0 Å². The third kappa shape index (κ3) is 3.03. The van der Waals surface area contributed by atoms with Crippen LogP contribution in [0.3, 0.4) is 0 Å². The number of aromatic nitrogens is 4. The van der Waals surface area contributed by atoms with Crippen LogP contribution in [0.15, 0.2) is 66.7 Å². The van der Waals surface area contributed by atoms with Crippen molar-refractivity contribution >= 4 is 5.69 Å². The summed E-state index contributed by atoms with van der Waals surface area (Å²) in [5.74, 6) is 1.76. The topological polar surface area (TPSA) is 76.2 Å². The fourth-order valence-corrected chi connectivity index (χ4v) is 5.34. The van der Waals surface area contributed by atoms with Crippen molar-refractivity contribution in [2.75, 3.05) is 18.8 Å². The minimum Gasteiger partial charge on any atom is -0.493 e. The molecule has 7 nitrogen and oxygen atoms in total. The molecule has 6 rings (SSSR count). The minimum atomic E-state index is -0.121. The molecule has 0 aliphatic carbocycles. The van der Waals surface area contributed by atoms with Gasteiger partial charge in [-0.15, -0.1) is 10.2 Å². The van der Waals surface area contributed by atoms with Gasteiger partial charge in [-0.2, -0.15) is 5.21 Å². The molecule has 0 saturated heterocycles. The molecule has 1 N–H and O–H groups in total. The molecule has 0 spiro atoms. The maximum atomic E-state index is 6.20. The Kier molecular flexibility index (Phi) is 4.48. The Morgan fingerprint density at radius 1 is 1.00 bits per heavy atom. The molecule has 0 unspecified atom stereocenters.